The zero-order valence-electron chi connectivity index (χ0n) is 15.0. The van der Waals surface area contributed by atoms with Gasteiger partial charge < -0.3 is 5.11 Å². The number of rotatable bonds is 13. The van der Waals surface area contributed by atoms with Gasteiger partial charge in [0.15, 0.2) is 0 Å². The van der Waals surface area contributed by atoms with E-state index in [0.717, 1.165) is 18.7 Å². The lowest BCUT2D eigenvalue weighted by molar-refractivity contribution is -1.03. The van der Waals surface area contributed by atoms with Gasteiger partial charge in [0.25, 0.3) is 0 Å². The molecule has 1 aliphatic heterocycles. The van der Waals surface area contributed by atoms with Gasteiger partial charge in [-0.3, -0.25) is 4.79 Å². The van der Waals surface area contributed by atoms with E-state index in [4.69, 9.17) is 5.11 Å². The van der Waals surface area contributed by atoms with Crippen LogP contribution in [0.15, 0.2) is 4.99 Å². The zero-order valence-corrected chi connectivity index (χ0v) is 15.0. The zero-order chi connectivity index (χ0) is 17.1. The Bertz CT molecular complexity index is 384. The highest BCUT2D eigenvalue weighted by Crippen LogP contribution is 2.22. The molecule has 0 saturated carbocycles. The molecule has 0 aromatic heterocycles. The molecule has 0 aromatic rings. The molecule has 0 aliphatic carbocycles. The maximum atomic E-state index is 10.8. The summed E-state index contributed by atoms with van der Waals surface area (Å²) < 4.78 is -0.158. The summed E-state index contributed by atoms with van der Waals surface area (Å²) in [6.07, 6.45) is 12.2. The molecule has 5 nitrogen and oxygen atoms in total. The van der Waals surface area contributed by atoms with E-state index in [-0.39, 0.29) is 17.1 Å². The summed E-state index contributed by atoms with van der Waals surface area (Å²) in [5, 5.41) is 19.5. The Hall–Kier alpha value is -0.940. The first kappa shape index (κ1) is 20.1. The van der Waals surface area contributed by atoms with Crippen LogP contribution in [0.25, 0.3) is 0 Å². The first-order valence-electron chi connectivity index (χ1n) is 9.40. The molecule has 0 amide bonds. The number of hydroxylamine groups is 3. The number of amidine groups is 1. The molecule has 2 unspecified atom stereocenters. The summed E-state index contributed by atoms with van der Waals surface area (Å²) in [5.41, 5.74) is 0. The summed E-state index contributed by atoms with van der Waals surface area (Å²) in [5.74, 6) is -0.0626. The smallest absolute Gasteiger partial charge is 0.305 e. The summed E-state index contributed by atoms with van der Waals surface area (Å²) in [4.78, 5) is 15.3. The molecule has 0 saturated heterocycles. The number of aliphatic carboxylic acids is 1. The predicted molar refractivity (Wildman–Crippen MR) is 92.8 cm³/mol. The number of aliphatic imine (C=N–C) groups is 1. The fourth-order valence-corrected chi connectivity index (χ4v) is 3.30. The Labute approximate surface area is 141 Å². The molecule has 5 heteroatoms. The van der Waals surface area contributed by atoms with Crippen molar-refractivity contribution >= 4 is 11.8 Å². The van der Waals surface area contributed by atoms with Crippen LogP contribution in [0.5, 0.6) is 0 Å². The highest BCUT2D eigenvalue weighted by molar-refractivity contribution is 5.77. The molecular formula is C18H35N2O3+. The molecule has 1 heterocycles. The van der Waals surface area contributed by atoms with Crippen LogP contribution in [0, 0.1) is 0 Å². The first-order chi connectivity index (χ1) is 11.0. The topological polar surface area (TPSA) is 69.9 Å². The lowest BCUT2D eigenvalue weighted by atomic mass is 10.1. The lowest BCUT2D eigenvalue weighted by Crippen LogP contribution is -2.48. The number of hydrogen-bond acceptors (Lipinski definition) is 3. The standard InChI is InChI=1S/C18H34N2O3/c1-3-5-6-7-8-9-10-11-12-13-17-19-16(14-18(21)22)15-20(17,23)4-2/h16,23H,3-15H2,1-2H3/p+1. The Morgan fingerprint density at radius 3 is 2.17 bits per heavy atom. The van der Waals surface area contributed by atoms with Gasteiger partial charge in [-0.15, -0.1) is 4.65 Å². The van der Waals surface area contributed by atoms with Gasteiger partial charge in [0.1, 0.15) is 19.1 Å². The van der Waals surface area contributed by atoms with Crippen LogP contribution < -0.4 is 0 Å². The van der Waals surface area contributed by atoms with Crippen LogP contribution in [0.3, 0.4) is 0 Å². The molecule has 0 aromatic carbocycles. The number of quaternary nitrogens is 1. The molecule has 2 atom stereocenters. The maximum Gasteiger partial charge on any atom is 0.305 e. The molecule has 0 spiro atoms. The molecule has 23 heavy (non-hydrogen) atoms. The largest absolute Gasteiger partial charge is 0.481 e. The van der Waals surface area contributed by atoms with Gasteiger partial charge in [-0.1, -0.05) is 58.3 Å². The number of carboxylic acid groups (broad SMARTS) is 1. The summed E-state index contributed by atoms with van der Waals surface area (Å²) in [7, 11) is 0. The van der Waals surface area contributed by atoms with Crippen molar-refractivity contribution < 1.29 is 19.8 Å². The summed E-state index contributed by atoms with van der Waals surface area (Å²) in [6, 6.07) is -0.272. The van der Waals surface area contributed by atoms with Crippen LogP contribution in [-0.4, -0.2) is 45.9 Å². The van der Waals surface area contributed by atoms with Gasteiger partial charge >= 0.3 is 5.97 Å². The van der Waals surface area contributed by atoms with Crippen LogP contribution >= 0.6 is 0 Å². The highest BCUT2D eigenvalue weighted by Gasteiger charge is 2.41. The minimum Gasteiger partial charge on any atom is -0.481 e. The van der Waals surface area contributed by atoms with Gasteiger partial charge in [0, 0.05) is 6.42 Å². The van der Waals surface area contributed by atoms with E-state index in [1.165, 1.54) is 51.4 Å². The summed E-state index contributed by atoms with van der Waals surface area (Å²) >= 11 is 0. The Morgan fingerprint density at radius 1 is 1.09 bits per heavy atom. The lowest BCUT2D eigenvalue weighted by Gasteiger charge is -2.24. The van der Waals surface area contributed by atoms with E-state index >= 15 is 0 Å². The van der Waals surface area contributed by atoms with E-state index in [9.17, 15) is 10.0 Å². The van der Waals surface area contributed by atoms with Crippen LogP contribution in [0.1, 0.15) is 84.5 Å². The minimum absolute atomic E-state index is 0.0157. The van der Waals surface area contributed by atoms with E-state index in [2.05, 4.69) is 11.9 Å². The third-order valence-electron chi connectivity index (χ3n) is 4.76. The number of nitrogens with zero attached hydrogens (tertiary/aromatic N) is 2. The maximum absolute atomic E-state index is 10.8. The second-order valence-corrected chi connectivity index (χ2v) is 6.80. The Balaban J connectivity index is 2.22. The van der Waals surface area contributed by atoms with Crippen LogP contribution in [-0.2, 0) is 4.79 Å². The van der Waals surface area contributed by atoms with Crippen molar-refractivity contribution in [3.8, 4) is 0 Å². The molecule has 0 bridgehead atoms. The molecule has 0 fully saturated rings. The number of likely N-dealkylation sites (N-methyl/N-ethyl adjacent to an activating group) is 1. The van der Waals surface area contributed by atoms with Crippen molar-refractivity contribution in [3.05, 3.63) is 0 Å². The Morgan fingerprint density at radius 2 is 1.65 bits per heavy atom. The fraction of sp³-hybridized carbons (Fsp3) is 0.889. The van der Waals surface area contributed by atoms with Gasteiger partial charge in [-0.2, -0.15) is 0 Å². The van der Waals surface area contributed by atoms with Crippen molar-refractivity contribution in [2.24, 2.45) is 4.99 Å². The number of unbranched alkanes of at least 4 members (excludes halogenated alkanes) is 8. The van der Waals surface area contributed by atoms with E-state index in [1.54, 1.807) is 0 Å². The molecule has 2 N–H and O–H groups in total. The van der Waals surface area contributed by atoms with Gasteiger partial charge in [-0.05, 0) is 13.3 Å². The van der Waals surface area contributed by atoms with E-state index in [1.807, 2.05) is 6.92 Å². The van der Waals surface area contributed by atoms with Gasteiger partial charge in [0.2, 0.25) is 5.84 Å². The normalized spacial score (nSPS) is 24.0. The quantitative estimate of drug-likeness (QED) is 0.389. The predicted octanol–water partition coefficient (Wildman–Crippen LogP) is 4.39. The molecule has 134 valence electrons. The van der Waals surface area contributed by atoms with E-state index in [0.29, 0.717) is 13.1 Å². The number of carbonyl (C=O) groups is 1. The summed E-state index contributed by atoms with van der Waals surface area (Å²) in [6.45, 7) is 5.14. The molecule has 0 radical (unpaired) electrons. The number of carboxylic acids is 1. The average molecular weight is 327 g/mol. The van der Waals surface area contributed by atoms with Gasteiger partial charge in [-0.25, -0.2) is 10.2 Å². The average Bonchev–Trinajstić information content (AvgIpc) is 2.81. The minimum atomic E-state index is -0.842. The van der Waals surface area contributed by atoms with Crippen molar-refractivity contribution in [1.82, 2.24) is 0 Å². The second-order valence-electron chi connectivity index (χ2n) is 6.80. The van der Waals surface area contributed by atoms with E-state index < -0.39 is 5.97 Å². The highest BCUT2D eigenvalue weighted by atomic mass is 16.5. The van der Waals surface area contributed by atoms with Crippen molar-refractivity contribution in [2.45, 2.75) is 90.5 Å². The Kier molecular flexibility index (Phi) is 9.41. The third kappa shape index (κ3) is 7.44. The molecule has 1 aliphatic rings. The molecular weight excluding hydrogens is 292 g/mol. The second kappa shape index (κ2) is 10.8. The number of hydrogen-bond donors (Lipinski definition) is 2. The van der Waals surface area contributed by atoms with Crippen molar-refractivity contribution in [1.29, 1.82) is 0 Å². The fourth-order valence-electron chi connectivity index (χ4n) is 3.30. The van der Waals surface area contributed by atoms with Gasteiger partial charge in [0.05, 0.1) is 6.42 Å². The monoisotopic (exact) mass is 327 g/mol. The third-order valence-corrected chi connectivity index (χ3v) is 4.76. The van der Waals surface area contributed by atoms with Crippen LogP contribution in [0.2, 0.25) is 0 Å². The van der Waals surface area contributed by atoms with Crippen LogP contribution in [0.4, 0.5) is 0 Å². The molecule has 1 rings (SSSR count). The van der Waals surface area contributed by atoms with Crippen molar-refractivity contribution in [3.63, 3.8) is 0 Å². The van der Waals surface area contributed by atoms with Crippen molar-refractivity contribution in [2.75, 3.05) is 13.1 Å². The SMILES string of the molecule is CCCCCCCCCCCC1=NC(CC(=O)O)C[N+]1(O)CC. The first-order valence-corrected chi connectivity index (χ1v) is 9.40.